The van der Waals surface area contributed by atoms with Crippen molar-refractivity contribution in [2.24, 2.45) is 0 Å². The number of H-pyrrole nitrogens is 1. The molecule has 0 bridgehead atoms. The third-order valence-electron chi connectivity index (χ3n) is 3.42. The Morgan fingerprint density at radius 2 is 1.95 bits per heavy atom. The minimum absolute atomic E-state index is 0.319. The van der Waals surface area contributed by atoms with Crippen LogP contribution in [0.1, 0.15) is 17.2 Å². The van der Waals surface area contributed by atoms with E-state index in [9.17, 15) is 8.42 Å². The Morgan fingerprint density at radius 1 is 1.24 bits per heavy atom. The van der Waals surface area contributed by atoms with Gasteiger partial charge >= 0.3 is 0 Å². The summed E-state index contributed by atoms with van der Waals surface area (Å²) in [7, 11) is -0.0138. The van der Waals surface area contributed by atoms with E-state index in [1.54, 1.807) is 31.5 Å². The lowest BCUT2D eigenvalue weighted by molar-refractivity contribution is 0.414. The summed E-state index contributed by atoms with van der Waals surface area (Å²) in [5.41, 5.74) is 0.771. The molecule has 1 heterocycles. The SMILES string of the molecule is CNCCC(c1ccc(OC)cc1)S(=O)(=O)c1cc[nH]c1. The second kappa shape index (κ2) is 6.78. The first-order valence-corrected chi connectivity index (χ1v) is 8.29. The quantitative estimate of drug-likeness (QED) is 0.822. The van der Waals surface area contributed by atoms with E-state index in [0.29, 0.717) is 23.6 Å². The molecule has 2 aromatic rings. The first-order chi connectivity index (χ1) is 10.1. The number of ether oxygens (including phenoxy) is 1. The van der Waals surface area contributed by atoms with Crippen LogP contribution in [0, 0.1) is 0 Å². The zero-order valence-electron chi connectivity index (χ0n) is 12.2. The highest BCUT2D eigenvalue weighted by Crippen LogP contribution is 2.32. The highest BCUT2D eigenvalue weighted by atomic mass is 32.2. The molecule has 21 heavy (non-hydrogen) atoms. The van der Waals surface area contributed by atoms with Gasteiger partial charge in [0.1, 0.15) is 5.75 Å². The van der Waals surface area contributed by atoms with Crippen molar-refractivity contribution in [2.45, 2.75) is 16.6 Å². The fourth-order valence-corrected chi connectivity index (χ4v) is 4.01. The lowest BCUT2D eigenvalue weighted by atomic mass is 10.1. The Kier molecular flexibility index (Phi) is 5.03. The van der Waals surface area contributed by atoms with Crippen LogP contribution in [-0.2, 0) is 9.84 Å². The van der Waals surface area contributed by atoms with Gasteiger partial charge in [-0.1, -0.05) is 12.1 Å². The number of aromatic nitrogens is 1. The number of rotatable bonds is 7. The number of methoxy groups -OCH3 is 1. The van der Waals surface area contributed by atoms with E-state index in [-0.39, 0.29) is 0 Å². The van der Waals surface area contributed by atoms with E-state index in [4.69, 9.17) is 4.74 Å². The summed E-state index contributed by atoms with van der Waals surface area (Å²) >= 11 is 0. The Balaban J connectivity index is 2.37. The van der Waals surface area contributed by atoms with Gasteiger partial charge in [-0.15, -0.1) is 0 Å². The fourth-order valence-electron chi connectivity index (χ4n) is 2.24. The normalized spacial score (nSPS) is 13.0. The maximum atomic E-state index is 12.8. The van der Waals surface area contributed by atoms with Crippen LogP contribution in [0.3, 0.4) is 0 Å². The van der Waals surface area contributed by atoms with Crippen LogP contribution < -0.4 is 10.1 Å². The summed E-state index contributed by atoms with van der Waals surface area (Å²) in [6.07, 6.45) is 3.65. The molecule has 0 aliphatic carbocycles. The zero-order chi connectivity index (χ0) is 15.3. The maximum absolute atomic E-state index is 12.8. The van der Waals surface area contributed by atoms with Crippen molar-refractivity contribution in [3.8, 4) is 5.75 Å². The van der Waals surface area contributed by atoms with E-state index in [2.05, 4.69) is 10.3 Å². The molecule has 0 amide bonds. The molecule has 1 aromatic carbocycles. The minimum Gasteiger partial charge on any atom is -0.497 e. The zero-order valence-corrected chi connectivity index (χ0v) is 13.0. The first kappa shape index (κ1) is 15.6. The second-order valence-electron chi connectivity index (χ2n) is 4.75. The third-order valence-corrected chi connectivity index (χ3v) is 5.58. The van der Waals surface area contributed by atoms with E-state index < -0.39 is 15.1 Å². The first-order valence-electron chi connectivity index (χ1n) is 6.75. The molecule has 5 nitrogen and oxygen atoms in total. The average Bonchev–Trinajstić information content (AvgIpc) is 3.03. The van der Waals surface area contributed by atoms with E-state index in [1.165, 1.54) is 6.20 Å². The topological polar surface area (TPSA) is 71.2 Å². The van der Waals surface area contributed by atoms with Gasteiger partial charge in [-0.2, -0.15) is 0 Å². The van der Waals surface area contributed by atoms with Crippen molar-refractivity contribution in [3.63, 3.8) is 0 Å². The molecule has 1 unspecified atom stereocenters. The molecule has 0 aliphatic heterocycles. The molecule has 6 heteroatoms. The van der Waals surface area contributed by atoms with Crippen LogP contribution in [0.5, 0.6) is 5.75 Å². The van der Waals surface area contributed by atoms with Gasteiger partial charge in [0.15, 0.2) is 9.84 Å². The molecule has 0 saturated carbocycles. The van der Waals surface area contributed by atoms with E-state index in [0.717, 1.165) is 5.56 Å². The van der Waals surface area contributed by atoms with Gasteiger partial charge in [-0.3, -0.25) is 0 Å². The number of nitrogens with one attached hydrogen (secondary N) is 2. The maximum Gasteiger partial charge on any atom is 0.186 e. The van der Waals surface area contributed by atoms with E-state index in [1.807, 2.05) is 19.2 Å². The van der Waals surface area contributed by atoms with Crippen LogP contribution in [0.4, 0.5) is 0 Å². The smallest absolute Gasteiger partial charge is 0.186 e. The lowest BCUT2D eigenvalue weighted by Crippen LogP contribution is -2.19. The molecule has 0 fully saturated rings. The molecule has 1 atom stereocenters. The van der Waals surface area contributed by atoms with Crippen LogP contribution in [0.15, 0.2) is 47.6 Å². The van der Waals surface area contributed by atoms with Crippen LogP contribution in [-0.4, -0.2) is 34.1 Å². The molecule has 0 aliphatic rings. The van der Waals surface area contributed by atoms with Gasteiger partial charge in [0.2, 0.25) is 0 Å². The minimum atomic E-state index is -3.41. The van der Waals surface area contributed by atoms with Gasteiger partial charge in [0.25, 0.3) is 0 Å². The number of aromatic amines is 1. The highest BCUT2D eigenvalue weighted by molar-refractivity contribution is 7.91. The Bertz CT molecular complexity index is 649. The Labute approximate surface area is 125 Å². The molecular weight excluding hydrogens is 288 g/mol. The van der Waals surface area contributed by atoms with E-state index >= 15 is 0 Å². The molecular formula is C15H20N2O3S. The molecule has 2 rings (SSSR count). The molecule has 2 N–H and O–H groups in total. The van der Waals surface area contributed by atoms with Crippen molar-refractivity contribution in [1.82, 2.24) is 10.3 Å². The van der Waals surface area contributed by atoms with Crippen molar-refractivity contribution in [2.75, 3.05) is 20.7 Å². The molecule has 0 saturated heterocycles. The predicted octanol–water partition coefficient (Wildman–Crippen LogP) is 2.15. The highest BCUT2D eigenvalue weighted by Gasteiger charge is 2.29. The Morgan fingerprint density at radius 3 is 2.48 bits per heavy atom. The van der Waals surface area contributed by atoms with Gasteiger partial charge < -0.3 is 15.0 Å². The second-order valence-corrected chi connectivity index (χ2v) is 6.88. The monoisotopic (exact) mass is 308 g/mol. The van der Waals surface area contributed by atoms with Crippen molar-refractivity contribution >= 4 is 9.84 Å². The number of hydrogen-bond donors (Lipinski definition) is 2. The summed E-state index contributed by atoms with van der Waals surface area (Å²) < 4.78 is 30.7. The van der Waals surface area contributed by atoms with Gasteiger partial charge in [-0.05, 0) is 43.8 Å². The number of benzene rings is 1. The van der Waals surface area contributed by atoms with Gasteiger partial charge in [0.05, 0.1) is 17.3 Å². The van der Waals surface area contributed by atoms with Crippen molar-refractivity contribution in [3.05, 3.63) is 48.3 Å². The van der Waals surface area contributed by atoms with Gasteiger partial charge in [-0.25, -0.2) is 8.42 Å². The van der Waals surface area contributed by atoms with Gasteiger partial charge in [0, 0.05) is 12.4 Å². The number of sulfone groups is 1. The molecule has 1 aromatic heterocycles. The predicted molar refractivity (Wildman–Crippen MR) is 82.3 cm³/mol. The third kappa shape index (κ3) is 3.46. The summed E-state index contributed by atoms with van der Waals surface area (Å²) in [5.74, 6) is 0.713. The van der Waals surface area contributed by atoms with Crippen LogP contribution >= 0.6 is 0 Å². The number of hydrogen-bond acceptors (Lipinski definition) is 4. The van der Waals surface area contributed by atoms with Crippen LogP contribution in [0.2, 0.25) is 0 Å². The standard InChI is InChI=1S/C15H20N2O3S/c1-16-9-8-15(12-3-5-13(20-2)6-4-12)21(18,19)14-7-10-17-11-14/h3-7,10-11,15-17H,8-9H2,1-2H3. The average molecular weight is 308 g/mol. The summed E-state index contributed by atoms with van der Waals surface area (Å²) in [6.45, 7) is 0.625. The summed E-state index contributed by atoms with van der Waals surface area (Å²) in [5, 5.41) is 2.43. The fraction of sp³-hybridized carbons (Fsp3) is 0.333. The summed E-state index contributed by atoms with van der Waals surface area (Å²) in [6, 6.07) is 8.78. The summed E-state index contributed by atoms with van der Waals surface area (Å²) in [4.78, 5) is 3.12. The largest absolute Gasteiger partial charge is 0.497 e. The molecule has 0 radical (unpaired) electrons. The Hall–Kier alpha value is -1.79. The van der Waals surface area contributed by atoms with Crippen molar-refractivity contribution < 1.29 is 13.2 Å². The lowest BCUT2D eigenvalue weighted by Gasteiger charge is -2.17. The molecule has 114 valence electrons. The molecule has 0 spiro atoms. The van der Waals surface area contributed by atoms with Crippen molar-refractivity contribution in [1.29, 1.82) is 0 Å². The van der Waals surface area contributed by atoms with Crippen LogP contribution in [0.25, 0.3) is 0 Å².